The monoisotopic (exact) mass is 206 g/mol. The van der Waals surface area contributed by atoms with Gasteiger partial charge in [-0.2, -0.15) is 0 Å². The summed E-state index contributed by atoms with van der Waals surface area (Å²) in [6.45, 7) is 3.70. The summed E-state index contributed by atoms with van der Waals surface area (Å²) in [5, 5.41) is 28.1. The number of aliphatic hydroxyl groups excluding tert-OH is 3. The van der Waals surface area contributed by atoms with Crippen LogP contribution in [-0.4, -0.2) is 59.1 Å². The van der Waals surface area contributed by atoms with Crippen LogP contribution < -0.4 is 0 Å². The first-order valence-corrected chi connectivity index (χ1v) is 4.85. The second kappa shape index (κ2) is 5.04. The molecule has 0 aromatic heterocycles. The molecule has 0 bridgehead atoms. The van der Waals surface area contributed by atoms with E-state index in [0.29, 0.717) is 6.61 Å². The molecule has 0 aromatic rings. The van der Waals surface area contributed by atoms with E-state index in [-0.39, 0.29) is 12.7 Å². The predicted octanol–water partition coefficient (Wildman–Crippen LogP) is -1.11. The van der Waals surface area contributed by atoms with Crippen molar-refractivity contribution in [3.63, 3.8) is 0 Å². The van der Waals surface area contributed by atoms with E-state index in [2.05, 4.69) is 0 Å². The van der Waals surface area contributed by atoms with E-state index in [1.54, 1.807) is 6.92 Å². The van der Waals surface area contributed by atoms with Gasteiger partial charge in [-0.25, -0.2) is 0 Å². The number of rotatable bonds is 3. The van der Waals surface area contributed by atoms with Crippen LogP contribution in [0.2, 0.25) is 0 Å². The van der Waals surface area contributed by atoms with Crippen LogP contribution >= 0.6 is 0 Å². The number of hydrogen-bond donors (Lipinski definition) is 3. The third kappa shape index (κ3) is 2.24. The summed E-state index contributed by atoms with van der Waals surface area (Å²) in [4.78, 5) is 0. The largest absolute Gasteiger partial charge is 0.394 e. The van der Waals surface area contributed by atoms with Crippen LogP contribution in [0, 0.1) is 0 Å². The fraction of sp³-hybridized carbons (Fsp3) is 1.00. The van der Waals surface area contributed by atoms with Gasteiger partial charge in [-0.05, 0) is 13.8 Å². The van der Waals surface area contributed by atoms with Crippen LogP contribution in [0.1, 0.15) is 13.8 Å². The van der Waals surface area contributed by atoms with Crippen LogP contribution in [0.15, 0.2) is 0 Å². The molecule has 1 rings (SSSR count). The maximum absolute atomic E-state index is 9.67. The summed E-state index contributed by atoms with van der Waals surface area (Å²) in [7, 11) is 0. The average Bonchev–Trinajstić information content (AvgIpc) is 2.18. The van der Waals surface area contributed by atoms with E-state index in [1.807, 2.05) is 6.92 Å². The summed E-state index contributed by atoms with van der Waals surface area (Å²) in [5.41, 5.74) is 0. The number of aliphatic hydroxyl groups is 3. The van der Waals surface area contributed by atoms with Crippen molar-refractivity contribution in [2.75, 3.05) is 13.2 Å². The summed E-state index contributed by atoms with van der Waals surface area (Å²) >= 11 is 0. The van der Waals surface area contributed by atoms with Gasteiger partial charge >= 0.3 is 0 Å². The molecular weight excluding hydrogens is 188 g/mol. The van der Waals surface area contributed by atoms with Crippen molar-refractivity contribution in [1.29, 1.82) is 0 Å². The second-order valence-corrected chi connectivity index (χ2v) is 3.46. The Morgan fingerprint density at radius 3 is 2.43 bits per heavy atom. The molecule has 1 aliphatic rings. The molecule has 14 heavy (non-hydrogen) atoms. The van der Waals surface area contributed by atoms with Crippen LogP contribution in [0.3, 0.4) is 0 Å². The Hall–Kier alpha value is -0.200. The minimum Gasteiger partial charge on any atom is -0.394 e. The third-order valence-electron chi connectivity index (χ3n) is 2.46. The van der Waals surface area contributed by atoms with Gasteiger partial charge in [-0.15, -0.1) is 0 Å². The fourth-order valence-corrected chi connectivity index (χ4v) is 1.70. The molecule has 0 saturated carbocycles. The topological polar surface area (TPSA) is 79.2 Å². The van der Waals surface area contributed by atoms with Gasteiger partial charge in [0.05, 0.1) is 12.7 Å². The van der Waals surface area contributed by atoms with Gasteiger partial charge in [0.25, 0.3) is 0 Å². The Bertz CT molecular complexity index is 175. The highest BCUT2D eigenvalue weighted by Crippen LogP contribution is 2.22. The third-order valence-corrected chi connectivity index (χ3v) is 2.46. The Labute approximate surface area is 83.3 Å². The lowest BCUT2D eigenvalue weighted by molar-refractivity contribution is -0.235. The van der Waals surface area contributed by atoms with Crippen molar-refractivity contribution in [2.45, 2.75) is 44.4 Å². The Morgan fingerprint density at radius 2 is 1.93 bits per heavy atom. The summed E-state index contributed by atoms with van der Waals surface area (Å²) in [6, 6.07) is 0. The van der Waals surface area contributed by atoms with Gasteiger partial charge in [0.2, 0.25) is 0 Å². The molecular formula is C9H18O5. The van der Waals surface area contributed by atoms with E-state index in [9.17, 15) is 10.2 Å². The molecule has 1 aliphatic heterocycles. The quantitative estimate of drug-likeness (QED) is 0.546. The van der Waals surface area contributed by atoms with Gasteiger partial charge in [0.1, 0.15) is 24.4 Å². The summed E-state index contributed by atoms with van der Waals surface area (Å²) < 4.78 is 10.6. The second-order valence-electron chi connectivity index (χ2n) is 3.46. The van der Waals surface area contributed by atoms with E-state index in [4.69, 9.17) is 14.6 Å². The molecule has 1 saturated heterocycles. The van der Waals surface area contributed by atoms with E-state index >= 15 is 0 Å². The zero-order chi connectivity index (χ0) is 10.7. The minimum absolute atomic E-state index is 0.304. The zero-order valence-electron chi connectivity index (χ0n) is 8.46. The molecule has 3 N–H and O–H groups in total. The van der Waals surface area contributed by atoms with Crippen LogP contribution in [-0.2, 0) is 9.47 Å². The Balaban J connectivity index is 2.63. The molecule has 0 amide bonds. The highest BCUT2D eigenvalue weighted by molar-refractivity contribution is 4.91. The Kier molecular flexibility index (Phi) is 4.28. The number of ether oxygens (including phenoxy) is 2. The average molecular weight is 206 g/mol. The van der Waals surface area contributed by atoms with Gasteiger partial charge in [-0.3, -0.25) is 0 Å². The van der Waals surface area contributed by atoms with Gasteiger partial charge in [-0.1, -0.05) is 0 Å². The summed E-state index contributed by atoms with van der Waals surface area (Å²) in [5.74, 6) is 0. The maximum atomic E-state index is 9.67. The van der Waals surface area contributed by atoms with Crippen LogP contribution in [0.25, 0.3) is 0 Å². The lowest BCUT2D eigenvalue weighted by atomic mass is 9.96. The predicted molar refractivity (Wildman–Crippen MR) is 48.8 cm³/mol. The van der Waals surface area contributed by atoms with Crippen LogP contribution in [0.4, 0.5) is 0 Å². The van der Waals surface area contributed by atoms with Gasteiger partial charge in [0.15, 0.2) is 0 Å². The molecule has 5 atom stereocenters. The molecule has 1 fully saturated rings. The smallest absolute Gasteiger partial charge is 0.112 e. The molecule has 5 nitrogen and oxygen atoms in total. The fourth-order valence-electron chi connectivity index (χ4n) is 1.70. The molecule has 5 unspecified atom stereocenters. The standard InChI is InChI=1S/C9H18O5/c1-3-13-9-5(2)14-6(4-10)7(11)8(9)12/h5-12H,3-4H2,1-2H3. The zero-order valence-corrected chi connectivity index (χ0v) is 8.46. The first-order valence-electron chi connectivity index (χ1n) is 4.85. The molecule has 0 aromatic carbocycles. The minimum atomic E-state index is -1.09. The van der Waals surface area contributed by atoms with Crippen LogP contribution in [0.5, 0.6) is 0 Å². The van der Waals surface area contributed by atoms with Crippen molar-refractivity contribution in [2.24, 2.45) is 0 Å². The lowest BCUT2D eigenvalue weighted by Crippen LogP contribution is -2.58. The molecule has 0 aliphatic carbocycles. The maximum Gasteiger partial charge on any atom is 0.112 e. The van der Waals surface area contributed by atoms with Crippen molar-refractivity contribution < 1.29 is 24.8 Å². The van der Waals surface area contributed by atoms with Gasteiger partial charge < -0.3 is 24.8 Å². The Morgan fingerprint density at radius 1 is 1.29 bits per heavy atom. The molecule has 0 radical (unpaired) electrons. The van der Waals surface area contributed by atoms with Gasteiger partial charge in [0, 0.05) is 6.61 Å². The lowest BCUT2D eigenvalue weighted by Gasteiger charge is -2.40. The van der Waals surface area contributed by atoms with E-state index < -0.39 is 24.4 Å². The SMILES string of the molecule is CCOC1C(C)OC(CO)C(O)C1O. The van der Waals surface area contributed by atoms with E-state index in [1.165, 1.54) is 0 Å². The van der Waals surface area contributed by atoms with Crippen molar-refractivity contribution in [3.05, 3.63) is 0 Å². The van der Waals surface area contributed by atoms with Crippen molar-refractivity contribution in [3.8, 4) is 0 Å². The first-order chi connectivity index (χ1) is 6.61. The summed E-state index contributed by atoms with van der Waals surface area (Å²) in [6.07, 6.45) is -3.68. The van der Waals surface area contributed by atoms with E-state index in [0.717, 1.165) is 0 Å². The molecule has 5 heteroatoms. The molecule has 1 heterocycles. The number of hydrogen-bond acceptors (Lipinski definition) is 5. The normalized spacial score (nSPS) is 43.9. The van der Waals surface area contributed by atoms with Crippen molar-refractivity contribution >= 4 is 0 Å². The van der Waals surface area contributed by atoms with Crippen molar-refractivity contribution in [1.82, 2.24) is 0 Å². The highest BCUT2D eigenvalue weighted by atomic mass is 16.6. The molecule has 0 spiro atoms. The highest BCUT2D eigenvalue weighted by Gasteiger charge is 2.42. The first kappa shape index (κ1) is 11.9. The molecule has 84 valence electrons.